The van der Waals surface area contributed by atoms with Crippen LogP contribution in [0.15, 0.2) is 36.4 Å². The Hall–Kier alpha value is -2.45. The molecule has 138 valence electrons. The van der Waals surface area contributed by atoms with Gasteiger partial charge in [0.1, 0.15) is 11.6 Å². The van der Waals surface area contributed by atoms with Gasteiger partial charge in [-0.25, -0.2) is 14.4 Å². The highest BCUT2D eigenvalue weighted by molar-refractivity contribution is 7.22. The monoisotopic (exact) mass is 400 g/mol. The number of fused-ring (bicyclic) bond motifs is 2. The van der Waals surface area contributed by atoms with Crippen LogP contribution in [0.1, 0.15) is 0 Å². The van der Waals surface area contributed by atoms with Gasteiger partial charge in [0.2, 0.25) is 0 Å². The summed E-state index contributed by atoms with van der Waals surface area (Å²) in [5.41, 5.74) is 1.84. The fraction of sp³-hybridized carbons (Fsp3) is 0.263. The number of nitrogens with zero attached hydrogens (tertiary/aromatic N) is 4. The standard InChI is InChI=1S/C19H17FN4OS2/c1-25-13-3-5-16-15(11-13)22-19(26-16)24-8-6-23(7-9-24)18-21-14-4-2-12(20)10-17(14)27-18/h2-5,10-11H,6-9H2,1H3. The van der Waals surface area contributed by atoms with Crippen molar-refractivity contribution in [2.45, 2.75) is 0 Å². The Morgan fingerprint density at radius 1 is 0.852 bits per heavy atom. The average Bonchev–Trinajstić information content (AvgIpc) is 3.31. The van der Waals surface area contributed by atoms with Crippen LogP contribution in [0.3, 0.4) is 0 Å². The van der Waals surface area contributed by atoms with Gasteiger partial charge >= 0.3 is 0 Å². The van der Waals surface area contributed by atoms with Crippen LogP contribution in [0.4, 0.5) is 14.7 Å². The molecule has 2 aromatic carbocycles. The number of rotatable bonds is 3. The maximum atomic E-state index is 13.4. The van der Waals surface area contributed by atoms with E-state index in [2.05, 4.69) is 20.9 Å². The summed E-state index contributed by atoms with van der Waals surface area (Å²) in [5, 5.41) is 2.01. The third kappa shape index (κ3) is 3.08. The first-order valence-corrected chi connectivity index (χ1v) is 10.3. The topological polar surface area (TPSA) is 41.5 Å². The van der Waals surface area contributed by atoms with Gasteiger partial charge < -0.3 is 14.5 Å². The van der Waals surface area contributed by atoms with Gasteiger partial charge in [0.05, 0.1) is 27.5 Å². The Kier molecular flexibility index (Phi) is 4.09. The minimum absolute atomic E-state index is 0.213. The Labute approximate surface area is 163 Å². The number of piperazine rings is 1. The molecule has 0 spiro atoms. The molecule has 1 aliphatic heterocycles. The molecule has 0 unspecified atom stereocenters. The fourth-order valence-electron chi connectivity index (χ4n) is 3.27. The van der Waals surface area contributed by atoms with E-state index in [1.54, 1.807) is 41.9 Å². The molecule has 0 bridgehead atoms. The lowest BCUT2D eigenvalue weighted by molar-refractivity contribution is 0.415. The summed E-state index contributed by atoms with van der Waals surface area (Å²) in [4.78, 5) is 14.0. The van der Waals surface area contributed by atoms with Crippen LogP contribution in [-0.2, 0) is 0 Å². The Balaban J connectivity index is 1.33. The van der Waals surface area contributed by atoms with Crippen molar-refractivity contribution in [3.05, 3.63) is 42.2 Å². The van der Waals surface area contributed by atoms with Crippen molar-refractivity contribution in [3.8, 4) is 5.75 Å². The molecule has 3 heterocycles. The number of anilines is 2. The lowest BCUT2D eigenvalue weighted by atomic mass is 10.3. The molecule has 0 atom stereocenters. The van der Waals surface area contributed by atoms with E-state index in [1.165, 1.54) is 10.8 Å². The van der Waals surface area contributed by atoms with Gasteiger partial charge in [0, 0.05) is 32.2 Å². The summed E-state index contributed by atoms with van der Waals surface area (Å²) in [7, 11) is 1.67. The van der Waals surface area contributed by atoms with Crippen molar-refractivity contribution < 1.29 is 9.13 Å². The third-order valence-electron chi connectivity index (χ3n) is 4.74. The van der Waals surface area contributed by atoms with Crippen molar-refractivity contribution in [1.82, 2.24) is 9.97 Å². The molecule has 1 saturated heterocycles. The normalized spacial score (nSPS) is 15.0. The second-order valence-corrected chi connectivity index (χ2v) is 8.43. The number of hydrogen-bond acceptors (Lipinski definition) is 7. The Bertz CT molecular complexity index is 1120. The van der Waals surface area contributed by atoms with E-state index < -0.39 is 0 Å². The first-order valence-electron chi connectivity index (χ1n) is 8.70. The van der Waals surface area contributed by atoms with E-state index in [9.17, 15) is 4.39 Å². The average molecular weight is 401 g/mol. The van der Waals surface area contributed by atoms with Crippen LogP contribution in [0, 0.1) is 5.82 Å². The van der Waals surface area contributed by atoms with E-state index >= 15 is 0 Å². The lowest BCUT2D eigenvalue weighted by Gasteiger charge is -2.34. The minimum atomic E-state index is -0.213. The number of benzene rings is 2. The number of hydrogen-bond donors (Lipinski definition) is 0. The zero-order valence-electron chi connectivity index (χ0n) is 14.7. The summed E-state index contributed by atoms with van der Waals surface area (Å²) in [5.74, 6) is 0.617. The maximum Gasteiger partial charge on any atom is 0.186 e. The van der Waals surface area contributed by atoms with Crippen LogP contribution >= 0.6 is 22.7 Å². The summed E-state index contributed by atoms with van der Waals surface area (Å²) < 4.78 is 20.8. The smallest absolute Gasteiger partial charge is 0.186 e. The zero-order valence-corrected chi connectivity index (χ0v) is 16.3. The minimum Gasteiger partial charge on any atom is -0.497 e. The number of thiazole rings is 2. The van der Waals surface area contributed by atoms with Crippen LogP contribution in [0.25, 0.3) is 20.4 Å². The van der Waals surface area contributed by atoms with Crippen LogP contribution in [0.5, 0.6) is 5.75 Å². The van der Waals surface area contributed by atoms with Gasteiger partial charge in [0.25, 0.3) is 0 Å². The number of aromatic nitrogens is 2. The molecule has 1 fully saturated rings. The Morgan fingerprint density at radius 3 is 2.22 bits per heavy atom. The van der Waals surface area contributed by atoms with E-state index in [4.69, 9.17) is 9.72 Å². The molecule has 5 rings (SSSR count). The summed E-state index contributed by atoms with van der Waals surface area (Å²) in [6, 6.07) is 10.8. The van der Waals surface area contributed by atoms with Crippen molar-refractivity contribution in [1.29, 1.82) is 0 Å². The predicted molar refractivity (Wildman–Crippen MR) is 110 cm³/mol. The van der Waals surface area contributed by atoms with Gasteiger partial charge in [-0.1, -0.05) is 22.7 Å². The Morgan fingerprint density at radius 2 is 1.52 bits per heavy atom. The molecule has 27 heavy (non-hydrogen) atoms. The van der Waals surface area contributed by atoms with Crippen molar-refractivity contribution >= 4 is 53.4 Å². The van der Waals surface area contributed by atoms with E-state index in [-0.39, 0.29) is 5.82 Å². The largest absolute Gasteiger partial charge is 0.497 e. The van der Waals surface area contributed by atoms with Crippen LogP contribution in [-0.4, -0.2) is 43.3 Å². The molecule has 0 saturated carbocycles. The SMILES string of the molecule is COc1ccc2sc(N3CCN(c4nc5ccc(F)cc5s4)CC3)nc2c1. The van der Waals surface area contributed by atoms with E-state index in [0.717, 1.165) is 57.9 Å². The van der Waals surface area contributed by atoms with Gasteiger partial charge in [-0.15, -0.1) is 0 Å². The number of methoxy groups -OCH3 is 1. The molecule has 1 aliphatic rings. The summed E-state index contributed by atoms with van der Waals surface area (Å²) in [6.07, 6.45) is 0. The molecular weight excluding hydrogens is 383 g/mol. The van der Waals surface area contributed by atoms with Gasteiger partial charge in [-0.05, 0) is 30.3 Å². The molecular formula is C19H17FN4OS2. The van der Waals surface area contributed by atoms with Crippen molar-refractivity contribution in [3.63, 3.8) is 0 Å². The highest BCUT2D eigenvalue weighted by Crippen LogP contribution is 2.33. The molecule has 2 aromatic heterocycles. The first kappa shape index (κ1) is 16.7. The molecule has 0 amide bonds. The highest BCUT2D eigenvalue weighted by atomic mass is 32.1. The molecule has 5 nitrogen and oxygen atoms in total. The number of halogens is 1. The molecule has 8 heteroatoms. The van der Waals surface area contributed by atoms with E-state index in [0.29, 0.717) is 0 Å². The van der Waals surface area contributed by atoms with Crippen LogP contribution in [0.2, 0.25) is 0 Å². The second-order valence-electron chi connectivity index (χ2n) is 6.41. The lowest BCUT2D eigenvalue weighted by Crippen LogP contribution is -2.46. The quantitative estimate of drug-likeness (QED) is 0.510. The first-order chi connectivity index (χ1) is 13.2. The number of ether oxygens (including phenoxy) is 1. The fourth-order valence-corrected chi connectivity index (χ4v) is 5.31. The van der Waals surface area contributed by atoms with Crippen molar-refractivity contribution in [2.24, 2.45) is 0 Å². The zero-order chi connectivity index (χ0) is 18.4. The molecule has 0 aliphatic carbocycles. The predicted octanol–water partition coefficient (Wildman–Crippen LogP) is 4.38. The van der Waals surface area contributed by atoms with Crippen molar-refractivity contribution in [2.75, 3.05) is 43.1 Å². The maximum absolute atomic E-state index is 13.4. The summed E-state index contributed by atoms with van der Waals surface area (Å²) in [6.45, 7) is 3.53. The molecule has 4 aromatic rings. The van der Waals surface area contributed by atoms with E-state index in [1.807, 2.05) is 12.1 Å². The van der Waals surface area contributed by atoms with Gasteiger partial charge in [0.15, 0.2) is 10.3 Å². The second kappa shape index (κ2) is 6.61. The highest BCUT2D eigenvalue weighted by Gasteiger charge is 2.22. The van der Waals surface area contributed by atoms with Crippen LogP contribution < -0.4 is 14.5 Å². The third-order valence-corrected chi connectivity index (χ3v) is 6.92. The molecule has 0 N–H and O–H groups in total. The summed E-state index contributed by atoms with van der Waals surface area (Å²) >= 11 is 3.26. The van der Waals surface area contributed by atoms with Gasteiger partial charge in [-0.2, -0.15) is 0 Å². The van der Waals surface area contributed by atoms with Gasteiger partial charge in [-0.3, -0.25) is 0 Å². The molecule has 0 radical (unpaired) electrons.